The van der Waals surface area contributed by atoms with Gasteiger partial charge in [0.05, 0.1) is 6.10 Å². The lowest BCUT2D eigenvalue weighted by molar-refractivity contribution is 0.0211. The van der Waals surface area contributed by atoms with Gasteiger partial charge in [0.2, 0.25) is 0 Å². The third-order valence-corrected chi connectivity index (χ3v) is 4.96. The number of aromatic nitrogens is 1. The van der Waals surface area contributed by atoms with Crippen LogP contribution in [0.1, 0.15) is 54.6 Å². The Bertz CT molecular complexity index is 596. The van der Waals surface area contributed by atoms with Crippen LogP contribution < -0.4 is 0 Å². The molecule has 1 saturated heterocycles. The average molecular weight is 299 g/mol. The number of nitrogens with zero attached hydrogens (tertiary/aromatic N) is 3. The number of aliphatic hydroxyl groups is 1. The summed E-state index contributed by atoms with van der Waals surface area (Å²) in [5.74, 6) is 0.150. The number of carbonyl (C=O) groups excluding carboxylic acids is 1. The van der Waals surface area contributed by atoms with Crippen LogP contribution in [0.25, 0.3) is 0 Å². The third kappa shape index (κ3) is 2.84. The zero-order valence-corrected chi connectivity index (χ0v) is 12.6. The lowest BCUT2D eigenvalue weighted by atomic mass is 9.80. The molecule has 2 fully saturated rings. The normalized spacial score (nSPS) is 28.4. The van der Waals surface area contributed by atoms with Gasteiger partial charge in [0.1, 0.15) is 11.8 Å². The molecule has 5 heteroatoms. The summed E-state index contributed by atoms with van der Waals surface area (Å²) in [6.07, 6.45) is 7.21. The second-order valence-corrected chi connectivity index (χ2v) is 6.27. The first-order valence-electron chi connectivity index (χ1n) is 8.06. The number of pyridine rings is 1. The first-order valence-corrected chi connectivity index (χ1v) is 8.06. The molecule has 0 bridgehead atoms. The van der Waals surface area contributed by atoms with Crippen molar-refractivity contribution in [3.8, 4) is 6.07 Å². The van der Waals surface area contributed by atoms with Crippen molar-refractivity contribution in [1.29, 1.82) is 5.26 Å². The van der Waals surface area contributed by atoms with Gasteiger partial charge in [0.15, 0.2) is 0 Å². The summed E-state index contributed by atoms with van der Waals surface area (Å²) < 4.78 is 0. The highest BCUT2D eigenvalue weighted by atomic mass is 16.3. The van der Waals surface area contributed by atoms with E-state index in [0.717, 1.165) is 45.1 Å². The number of hydrogen-bond donors (Lipinski definition) is 1. The van der Waals surface area contributed by atoms with Gasteiger partial charge >= 0.3 is 0 Å². The molecule has 0 aromatic carbocycles. The highest BCUT2D eigenvalue weighted by molar-refractivity contribution is 5.94. The summed E-state index contributed by atoms with van der Waals surface area (Å²) in [6.45, 7) is 0.733. The Morgan fingerprint density at radius 2 is 2.14 bits per heavy atom. The molecule has 1 aromatic rings. The summed E-state index contributed by atoms with van der Waals surface area (Å²) in [5.41, 5.74) is 0.781. The summed E-state index contributed by atoms with van der Waals surface area (Å²) in [6, 6.07) is 5.31. The topological polar surface area (TPSA) is 77.2 Å². The summed E-state index contributed by atoms with van der Waals surface area (Å²) in [4.78, 5) is 18.6. The molecule has 3 atom stereocenters. The van der Waals surface area contributed by atoms with E-state index in [-0.39, 0.29) is 29.7 Å². The van der Waals surface area contributed by atoms with Crippen molar-refractivity contribution in [1.82, 2.24) is 9.88 Å². The van der Waals surface area contributed by atoms with Gasteiger partial charge < -0.3 is 10.0 Å². The molecule has 3 rings (SSSR count). The number of amides is 1. The van der Waals surface area contributed by atoms with Crippen molar-refractivity contribution < 1.29 is 9.90 Å². The molecule has 1 saturated carbocycles. The quantitative estimate of drug-likeness (QED) is 0.907. The van der Waals surface area contributed by atoms with E-state index in [2.05, 4.69) is 4.98 Å². The molecular formula is C17H21N3O2. The van der Waals surface area contributed by atoms with Crippen molar-refractivity contribution in [2.24, 2.45) is 5.92 Å². The van der Waals surface area contributed by atoms with Crippen LogP contribution in [0.3, 0.4) is 0 Å². The van der Waals surface area contributed by atoms with Crippen molar-refractivity contribution in [2.75, 3.05) is 6.54 Å². The van der Waals surface area contributed by atoms with E-state index in [1.807, 2.05) is 11.0 Å². The van der Waals surface area contributed by atoms with Crippen molar-refractivity contribution >= 4 is 5.91 Å². The average Bonchev–Trinajstić information content (AvgIpc) is 3.04. The third-order valence-electron chi connectivity index (χ3n) is 4.96. The van der Waals surface area contributed by atoms with Gasteiger partial charge in [0.25, 0.3) is 5.91 Å². The Kier molecular flexibility index (Phi) is 4.39. The maximum absolute atomic E-state index is 12.8. The van der Waals surface area contributed by atoms with Gasteiger partial charge in [-0.1, -0.05) is 12.8 Å². The Hall–Kier alpha value is -1.93. The smallest absolute Gasteiger partial charge is 0.254 e. The molecule has 1 aliphatic heterocycles. The van der Waals surface area contributed by atoms with Gasteiger partial charge in [-0.05, 0) is 37.8 Å². The Morgan fingerprint density at radius 1 is 1.32 bits per heavy atom. The predicted molar refractivity (Wildman–Crippen MR) is 81.0 cm³/mol. The summed E-state index contributed by atoms with van der Waals surface area (Å²) in [7, 11) is 0. The fourth-order valence-corrected chi connectivity index (χ4v) is 3.87. The zero-order valence-electron chi connectivity index (χ0n) is 12.6. The van der Waals surface area contributed by atoms with Crippen molar-refractivity contribution in [3.05, 3.63) is 29.6 Å². The lowest BCUT2D eigenvalue weighted by Gasteiger charge is -2.37. The minimum absolute atomic E-state index is 0.0424. The van der Waals surface area contributed by atoms with Gasteiger partial charge in [-0.3, -0.25) is 4.79 Å². The van der Waals surface area contributed by atoms with E-state index in [0.29, 0.717) is 5.56 Å². The van der Waals surface area contributed by atoms with Crippen LogP contribution in [0.4, 0.5) is 0 Å². The standard InChI is InChI=1S/C17H21N3O2/c18-11-13-10-12(7-8-19-13)17(22)20-9-3-5-15(20)14-4-1-2-6-16(14)21/h7-8,10,14-16,21H,1-6,9H2/t14-,15-,16-/m1/s1. The number of likely N-dealkylation sites (tertiary alicyclic amines) is 1. The van der Waals surface area contributed by atoms with E-state index < -0.39 is 0 Å². The van der Waals surface area contributed by atoms with Crippen LogP contribution in [0, 0.1) is 17.2 Å². The Morgan fingerprint density at radius 3 is 2.91 bits per heavy atom. The molecule has 22 heavy (non-hydrogen) atoms. The van der Waals surface area contributed by atoms with E-state index in [1.54, 1.807) is 12.1 Å². The van der Waals surface area contributed by atoms with Gasteiger partial charge in [-0.2, -0.15) is 5.26 Å². The first kappa shape index (κ1) is 15.0. The molecule has 1 N–H and O–H groups in total. The maximum Gasteiger partial charge on any atom is 0.254 e. The molecule has 1 aromatic heterocycles. The fraction of sp³-hybridized carbons (Fsp3) is 0.588. The van der Waals surface area contributed by atoms with Crippen LogP contribution in [-0.4, -0.2) is 39.6 Å². The molecule has 2 heterocycles. The predicted octanol–water partition coefficient (Wildman–Crippen LogP) is 2.11. The number of carbonyl (C=O) groups is 1. The summed E-state index contributed by atoms with van der Waals surface area (Å²) >= 11 is 0. The first-order chi connectivity index (χ1) is 10.7. The highest BCUT2D eigenvalue weighted by Gasteiger charge is 2.39. The number of rotatable bonds is 2. The van der Waals surface area contributed by atoms with Gasteiger partial charge in [-0.25, -0.2) is 4.98 Å². The van der Waals surface area contributed by atoms with Gasteiger partial charge in [0, 0.05) is 30.3 Å². The monoisotopic (exact) mass is 299 g/mol. The minimum Gasteiger partial charge on any atom is -0.393 e. The Labute approximate surface area is 130 Å². The van der Waals surface area contributed by atoms with Crippen molar-refractivity contribution in [3.63, 3.8) is 0 Å². The number of aliphatic hydroxyl groups excluding tert-OH is 1. The number of hydrogen-bond acceptors (Lipinski definition) is 4. The summed E-state index contributed by atoms with van der Waals surface area (Å²) in [5, 5.41) is 19.2. The lowest BCUT2D eigenvalue weighted by Crippen LogP contribution is -2.45. The van der Waals surface area contributed by atoms with E-state index in [9.17, 15) is 9.90 Å². The fourth-order valence-electron chi connectivity index (χ4n) is 3.87. The van der Waals surface area contributed by atoms with Crippen LogP contribution in [0.5, 0.6) is 0 Å². The van der Waals surface area contributed by atoms with Crippen molar-refractivity contribution in [2.45, 2.75) is 50.7 Å². The molecular weight excluding hydrogens is 278 g/mol. The molecule has 2 aliphatic rings. The number of nitriles is 1. The minimum atomic E-state index is -0.292. The zero-order chi connectivity index (χ0) is 15.5. The SMILES string of the molecule is N#Cc1cc(C(=O)N2CCC[C@@H]2[C@H]2CCCC[C@H]2O)ccn1. The van der Waals surface area contributed by atoms with Crippen LogP contribution in [-0.2, 0) is 0 Å². The molecule has 0 unspecified atom stereocenters. The molecule has 0 spiro atoms. The molecule has 5 nitrogen and oxygen atoms in total. The second kappa shape index (κ2) is 6.45. The van der Waals surface area contributed by atoms with E-state index in [1.165, 1.54) is 6.20 Å². The highest BCUT2D eigenvalue weighted by Crippen LogP contribution is 2.35. The second-order valence-electron chi connectivity index (χ2n) is 6.27. The molecule has 1 aliphatic carbocycles. The molecule has 116 valence electrons. The molecule has 1 amide bonds. The maximum atomic E-state index is 12.8. The van der Waals surface area contributed by atoms with E-state index in [4.69, 9.17) is 5.26 Å². The van der Waals surface area contributed by atoms with E-state index >= 15 is 0 Å². The Balaban J connectivity index is 1.80. The van der Waals surface area contributed by atoms with Gasteiger partial charge in [-0.15, -0.1) is 0 Å². The van der Waals surface area contributed by atoms with Crippen LogP contribution >= 0.6 is 0 Å². The molecule has 0 radical (unpaired) electrons. The largest absolute Gasteiger partial charge is 0.393 e. The van der Waals surface area contributed by atoms with Crippen LogP contribution in [0.15, 0.2) is 18.3 Å². The van der Waals surface area contributed by atoms with Crippen LogP contribution in [0.2, 0.25) is 0 Å².